The molecule has 0 radical (unpaired) electrons. The van der Waals surface area contributed by atoms with Crippen LogP contribution in [0.15, 0.2) is 71.2 Å². The molecular weight excluding hydrogens is 490 g/mol. The molecule has 0 aliphatic carbocycles. The first kappa shape index (κ1) is 24.1. The monoisotopic (exact) mass is 513 g/mol. The van der Waals surface area contributed by atoms with Gasteiger partial charge in [-0.25, -0.2) is 4.79 Å². The molecule has 33 heavy (non-hydrogen) atoms. The zero-order chi connectivity index (χ0) is 23.8. The molecule has 0 heterocycles. The van der Waals surface area contributed by atoms with E-state index in [1.165, 1.54) is 14.2 Å². The number of carbonyl (C=O) groups is 2. The molecule has 0 bridgehead atoms. The number of methoxy groups -OCH3 is 2. The maximum Gasteiger partial charge on any atom is 0.410 e. The Hall–Kier alpha value is -3.52. The maximum atomic E-state index is 12.5. The van der Waals surface area contributed by atoms with E-state index in [1.54, 1.807) is 29.2 Å². The minimum absolute atomic E-state index is 0.138. The third-order valence-corrected chi connectivity index (χ3v) is 5.33. The number of carboxylic acid groups (broad SMARTS) is 1. The molecule has 0 aliphatic rings. The first-order valence-corrected chi connectivity index (χ1v) is 10.9. The molecule has 3 aromatic rings. The summed E-state index contributed by atoms with van der Waals surface area (Å²) in [5.41, 5.74) is 2.28. The van der Waals surface area contributed by atoms with Gasteiger partial charge in [-0.15, -0.1) is 0 Å². The molecular formula is C25H24BrNO6. The molecule has 0 saturated heterocycles. The summed E-state index contributed by atoms with van der Waals surface area (Å²) in [7, 11) is 2.86. The van der Waals surface area contributed by atoms with Gasteiger partial charge in [-0.05, 0) is 41.5 Å². The lowest BCUT2D eigenvalue weighted by atomic mass is 10.1. The smallest absolute Gasteiger partial charge is 0.410 e. The van der Waals surface area contributed by atoms with Gasteiger partial charge in [0.15, 0.2) is 11.5 Å². The van der Waals surface area contributed by atoms with E-state index in [0.717, 1.165) is 15.6 Å². The summed E-state index contributed by atoms with van der Waals surface area (Å²) in [5.74, 6) is 0.413. The van der Waals surface area contributed by atoms with Gasteiger partial charge in [-0.1, -0.05) is 52.3 Å². The number of carbonyl (C=O) groups excluding carboxylic acids is 1. The second-order valence-electron chi connectivity index (χ2n) is 7.22. The molecule has 7 nitrogen and oxygen atoms in total. The van der Waals surface area contributed by atoms with Crippen LogP contribution in [-0.4, -0.2) is 36.3 Å². The molecule has 0 aromatic heterocycles. The highest BCUT2D eigenvalue weighted by Crippen LogP contribution is 2.35. The van der Waals surface area contributed by atoms with Crippen molar-refractivity contribution in [1.29, 1.82) is 0 Å². The maximum absolute atomic E-state index is 12.5. The largest absolute Gasteiger partial charge is 0.493 e. The van der Waals surface area contributed by atoms with Gasteiger partial charge in [-0.2, -0.15) is 0 Å². The first-order chi connectivity index (χ1) is 15.9. The van der Waals surface area contributed by atoms with Gasteiger partial charge in [0.1, 0.15) is 5.75 Å². The van der Waals surface area contributed by atoms with E-state index in [-0.39, 0.29) is 13.0 Å². The summed E-state index contributed by atoms with van der Waals surface area (Å²) in [4.78, 5) is 25.2. The van der Waals surface area contributed by atoms with Gasteiger partial charge in [0.2, 0.25) is 0 Å². The highest BCUT2D eigenvalue weighted by atomic mass is 79.9. The Morgan fingerprint density at radius 1 is 0.879 bits per heavy atom. The summed E-state index contributed by atoms with van der Waals surface area (Å²) in [5, 5.41) is 9.12. The predicted molar refractivity (Wildman–Crippen MR) is 127 cm³/mol. The molecule has 3 aromatic carbocycles. The van der Waals surface area contributed by atoms with Gasteiger partial charge in [0, 0.05) is 16.6 Å². The lowest BCUT2D eigenvalue weighted by molar-refractivity contribution is -0.136. The normalized spacial score (nSPS) is 10.4. The van der Waals surface area contributed by atoms with Crippen LogP contribution in [0.5, 0.6) is 17.2 Å². The first-order valence-electron chi connectivity index (χ1n) is 10.1. The van der Waals surface area contributed by atoms with Crippen LogP contribution >= 0.6 is 15.9 Å². The third-order valence-electron chi connectivity index (χ3n) is 4.84. The number of ether oxygens (including phenoxy) is 3. The van der Waals surface area contributed by atoms with Crippen LogP contribution in [0.1, 0.15) is 16.7 Å². The molecule has 172 valence electrons. The fourth-order valence-electron chi connectivity index (χ4n) is 3.30. The number of aliphatic carboxylic acids is 1. The topological polar surface area (TPSA) is 85.3 Å². The number of rotatable bonds is 9. The van der Waals surface area contributed by atoms with Gasteiger partial charge >= 0.3 is 12.1 Å². The Labute approximate surface area is 200 Å². The summed E-state index contributed by atoms with van der Waals surface area (Å²) in [6.07, 6.45) is -0.605. The van der Waals surface area contributed by atoms with Crippen LogP contribution in [0, 0.1) is 0 Å². The molecule has 0 unspecified atom stereocenters. The Bertz CT molecular complexity index is 1120. The number of benzene rings is 3. The number of hydrogen-bond donors (Lipinski definition) is 1. The van der Waals surface area contributed by atoms with Gasteiger partial charge < -0.3 is 19.3 Å². The van der Waals surface area contributed by atoms with Crippen molar-refractivity contribution in [2.75, 3.05) is 14.2 Å². The summed E-state index contributed by atoms with van der Waals surface area (Å²) >= 11 is 3.48. The Kier molecular flexibility index (Phi) is 8.32. The van der Waals surface area contributed by atoms with E-state index in [0.29, 0.717) is 29.4 Å². The van der Waals surface area contributed by atoms with Crippen LogP contribution in [0.3, 0.4) is 0 Å². The predicted octanol–water partition coefficient (Wildman–Crippen LogP) is 5.65. The highest BCUT2D eigenvalue weighted by molar-refractivity contribution is 9.10. The summed E-state index contributed by atoms with van der Waals surface area (Å²) in [6, 6.07) is 20.1. The van der Waals surface area contributed by atoms with Crippen molar-refractivity contribution in [3.8, 4) is 17.2 Å². The number of carboxylic acids is 1. The van der Waals surface area contributed by atoms with Crippen LogP contribution in [0.2, 0.25) is 0 Å². The molecule has 0 spiro atoms. The standard InChI is InChI=1S/C25H24BrNO6/c1-31-22-10-8-18(13-24(28)29)12-23(22)33-21-11-9-20(26)14-19(21)16-27(25(30)32-2)15-17-6-4-3-5-7-17/h3-12,14H,13,15-16H2,1-2H3,(H,28,29). The SMILES string of the molecule is COC(=O)N(Cc1ccccc1)Cc1cc(Br)ccc1Oc1cc(CC(=O)O)ccc1OC. The van der Waals surface area contributed by atoms with E-state index in [2.05, 4.69) is 15.9 Å². The second-order valence-corrected chi connectivity index (χ2v) is 8.14. The van der Waals surface area contributed by atoms with Crippen LogP contribution in [-0.2, 0) is 29.0 Å². The third kappa shape index (κ3) is 6.73. The average Bonchev–Trinajstić information content (AvgIpc) is 2.80. The molecule has 3 rings (SSSR count). The molecule has 8 heteroatoms. The number of amides is 1. The Balaban J connectivity index is 1.92. The van der Waals surface area contributed by atoms with Crippen LogP contribution < -0.4 is 9.47 Å². The van der Waals surface area contributed by atoms with E-state index >= 15 is 0 Å². The van der Waals surface area contributed by atoms with E-state index in [9.17, 15) is 9.59 Å². The van der Waals surface area contributed by atoms with E-state index < -0.39 is 12.1 Å². The lowest BCUT2D eigenvalue weighted by Gasteiger charge is -2.23. The van der Waals surface area contributed by atoms with Crippen LogP contribution in [0.4, 0.5) is 4.79 Å². The van der Waals surface area contributed by atoms with Crippen molar-refractivity contribution in [2.45, 2.75) is 19.5 Å². The van der Waals surface area contributed by atoms with Gasteiger partial charge in [-0.3, -0.25) is 9.69 Å². The molecule has 0 saturated carbocycles. The van der Waals surface area contributed by atoms with Crippen molar-refractivity contribution in [3.05, 3.63) is 87.9 Å². The summed E-state index contributed by atoms with van der Waals surface area (Å²) in [6.45, 7) is 0.588. The van der Waals surface area contributed by atoms with Gasteiger partial charge in [0.05, 0.1) is 27.2 Å². The minimum Gasteiger partial charge on any atom is -0.493 e. The Morgan fingerprint density at radius 3 is 2.27 bits per heavy atom. The second kappa shape index (κ2) is 11.4. The number of nitrogens with zero attached hydrogens (tertiary/aromatic N) is 1. The zero-order valence-electron chi connectivity index (χ0n) is 18.3. The quantitative estimate of drug-likeness (QED) is 0.398. The van der Waals surface area contributed by atoms with Crippen LogP contribution in [0.25, 0.3) is 0 Å². The van der Waals surface area contributed by atoms with E-state index in [1.807, 2.05) is 42.5 Å². The van der Waals surface area contributed by atoms with Crippen molar-refractivity contribution in [2.24, 2.45) is 0 Å². The van der Waals surface area contributed by atoms with Gasteiger partial charge in [0.25, 0.3) is 0 Å². The number of hydrogen-bond acceptors (Lipinski definition) is 5. The van der Waals surface area contributed by atoms with Crippen molar-refractivity contribution in [3.63, 3.8) is 0 Å². The fraction of sp³-hybridized carbons (Fsp3) is 0.200. The minimum atomic E-state index is -0.940. The average molecular weight is 514 g/mol. The molecule has 0 atom stereocenters. The molecule has 0 aliphatic heterocycles. The van der Waals surface area contributed by atoms with E-state index in [4.69, 9.17) is 19.3 Å². The zero-order valence-corrected chi connectivity index (χ0v) is 19.9. The number of halogens is 1. The molecule has 0 fully saturated rings. The summed E-state index contributed by atoms with van der Waals surface area (Å²) < 4.78 is 17.4. The Morgan fingerprint density at radius 2 is 1.61 bits per heavy atom. The molecule has 1 amide bonds. The molecule has 1 N–H and O–H groups in total. The van der Waals surface area contributed by atoms with Crippen molar-refractivity contribution < 1.29 is 28.9 Å². The fourth-order valence-corrected chi connectivity index (χ4v) is 3.71. The highest BCUT2D eigenvalue weighted by Gasteiger charge is 2.19. The van der Waals surface area contributed by atoms with Crippen molar-refractivity contribution >= 4 is 28.0 Å². The lowest BCUT2D eigenvalue weighted by Crippen LogP contribution is -2.30. The van der Waals surface area contributed by atoms with Crippen molar-refractivity contribution in [1.82, 2.24) is 4.90 Å².